The molecular weight excluding hydrogens is 587 g/mol. The lowest BCUT2D eigenvalue weighted by Gasteiger charge is -2.11. The molecule has 0 aliphatic carbocycles. The van der Waals surface area contributed by atoms with Gasteiger partial charge in [-0.1, -0.05) is 215 Å². The highest BCUT2D eigenvalue weighted by molar-refractivity contribution is 5.69. The second-order valence-corrected chi connectivity index (χ2v) is 8.84. The Morgan fingerprint density at radius 2 is 0.979 bits per heavy atom. The Bertz CT molecular complexity index is 390. The largest absolute Gasteiger partial charge is 0.465 e. The predicted molar refractivity (Wildman–Crippen MR) is 236 cm³/mol. The van der Waals surface area contributed by atoms with Gasteiger partial charge >= 0.3 is 5.97 Å². The van der Waals surface area contributed by atoms with Crippen molar-refractivity contribution in [3.63, 3.8) is 0 Å². The maximum absolute atomic E-state index is 11.3. The van der Waals surface area contributed by atoms with E-state index in [4.69, 9.17) is 4.74 Å². The molecule has 48 heavy (non-hydrogen) atoms. The number of ether oxygens (including phenoxy) is 1. The van der Waals surface area contributed by atoms with Crippen LogP contribution in [0.15, 0.2) is 24.3 Å². The third kappa shape index (κ3) is 165. The molecule has 0 aliphatic heterocycles. The number of carbonyl (C=O) groups excluding carboxylic acids is 1. The second kappa shape index (κ2) is 128. The van der Waals surface area contributed by atoms with Gasteiger partial charge in [-0.2, -0.15) is 0 Å². The first-order valence-corrected chi connectivity index (χ1v) is 21.5. The fourth-order valence-electron chi connectivity index (χ4n) is 2.69. The summed E-state index contributed by atoms with van der Waals surface area (Å²) in [5.41, 5.74) is 0. The zero-order chi connectivity index (χ0) is 40.7. The first-order valence-electron chi connectivity index (χ1n) is 21.5. The minimum Gasteiger partial charge on any atom is -0.465 e. The molecule has 0 aromatic carbocycles. The molecule has 0 aromatic rings. The molecule has 3 nitrogen and oxygen atoms in total. The van der Waals surface area contributed by atoms with Crippen LogP contribution in [0.5, 0.6) is 0 Å². The summed E-state index contributed by atoms with van der Waals surface area (Å²) in [6.07, 6.45) is 25.4. The fraction of sp³-hybridized carbons (Fsp3) is 0.889. The summed E-state index contributed by atoms with van der Waals surface area (Å²) >= 11 is 0. The minimum absolute atomic E-state index is 0.0419. The van der Waals surface area contributed by atoms with E-state index >= 15 is 0 Å². The molecule has 0 rings (SSSR count). The highest BCUT2D eigenvalue weighted by Crippen LogP contribution is 2.05. The van der Waals surface area contributed by atoms with E-state index in [0.717, 1.165) is 38.6 Å². The van der Waals surface area contributed by atoms with Crippen LogP contribution in [0.3, 0.4) is 0 Å². The Labute approximate surface area is 312 Å². The number of allylic oxidation sites excluding steroid dienone is 4. The van der Waals surface area contributed by atoms with E-state index in [0.29, 0.717) is 18.9 Å². The highest BCUT2D eigenvalue weighted by atomic mass is 16.5. The van der Waals surface area contributed by atoms with Gasteiger partial charge in [-0.15, -0.1) is 0 Å². The van der Waals surface area contributed by atoms with Crippen molar-refractivity contribution in [3.8, 4) is 0 Å². The van der Waals surface area contributed by atoms with Crippen molar-refractivity contribution in [2.45, 2.75) is 242 Å². The van der Waals surface area contributed by atoms with E-state index in [1.165, 1.54) is 51.4 Å². The van der Waals surface area contributed by atoms with Crippen LogP contribution in [0.1, 0.15) is 242 Å². The van der Waals surface area contributed by atoms with Crippen LogP contribution in [0, 0.1) is 5.92 Å². The molecule has 0 heterocycles. The molecule has 0 bridgehead atoms. The molecule has 1 unspecified atom stereocenters. The van der Waals surface area contributed by atoms with Crippen LogP contribution in [-0.2, 0) is 9.53 Å². The van der Waals surface area contributed by atoms with E-state index in [1.807, 2.05) is 111 Å². The lowest BCUT2D eigenvalue weighted by Crippen LogP contribution is -2.17. The third-order valence-corrected chi connectivity index (χ3v) is 4.96. The number of unbranched alkanes of at least 4 members (excludes halogenated alkanes) is 7. The van der Waals surface area contributed by atoms with Gasteiger partial charge in [0.2, 0.25) is 0 Å². The van der Waals surface area contributed by atoms with Crippen molar-refractivity contribution in [1.82, 2.24) is 5.32 Å². The van der Waals surface area contributed by atoms with E-state index in [9.17, 15) is 4.79 Å². The maximum atomic E-state index is 11.3. The number of nitrogens with one attached hydrogen (secondary N) is 1. The average Bonchev–Trinajstić information content (AvgIpc) is 3.17. The zero-order valence-electron chi connectivity index (χ0n) is 39.0. The molecule has 0 radical (unpaired) electrons. The van der Waals surface area contributed by atoms with Gasteiger partial charge in [-0.25, -0.2) is 0 Å². The Balaban J connectivity index is -0.0000000398. The topological polar surface area (TPSA) is 38.3 Å². The molecule has 0 spiro atoms. The Kier molecular flexibility index (Phi) is 204. The van der Waals surface area contributed by atoms with Gasteiger partial charge < -0.3 is 10.1 Å². The van der Waals surface area contributed by atoms with Crippen molar-refractivity contribution >= 4 is 5.97 Å². The van der Waals surface area contributed by atoms with E-state index in [1.54, 1.807) is 0 Å². The predicted octanol–water partition coefficient (Wildman–Crippen LogP) is 17.2. The van der Waals surface area contributed by atoms with Crippen LogP contribution in [0.2, 0.25) is 0 Å². The standard InChI is InChI=1S/C12H25NO2.C9H18.C5H12.C5H10.7C2H6/c1-4-5-6-7-12(14)15-10-11(2)8-9-13-3;1-3-5-7-9-8-6-4-2;2*1-3-5-4-2;7*1-2/h11,13H,4-10H2,1-3H3;5,7H,3-4,6,8-9H2,1-2H3;3-5H2,1-2H3;3,5H,4H2,1-2H3;7*1-2H3/b;7-5-;;5-3-;;;;;;;. The highest BCUT2D eigenvalue weighted by Gasteiger charge is 2.06. The van der Waals surface area contributed by atoms with Crippen molar-refractivity contribution < 1.29 is 9.53 Å². The van der Waals surface area contributed by atoms with Gasteiger partial charge in [0.05, 0.1) is 6.61 Å². The molecule has 0 amide bonds. The molecule has 0 saturated carbocycles. The molecule has 1 N–H and O–H groups in total. The van der Waals surface area contributed by atoms with Gasteiger partial charge in [0, 0.05) is 6.42 Å². The van der Waals surface area contributed by atoms with Gasteiger partial charge in [0.1, 0.15) is 0 Å². The molecule has 0 aliphatic rings. The molecule has 0 aromatic heterocycles. The Morgan fingerprint density at radius 3 is 1.27 bits per heavy atom. The molecule has 304 valence electrons. The quantitative estimate of drug-likeness (QED) is 0.0936. The Morgan fingerprint density at radius 1 is 0.583 bits per heavy atom. The van der Waals surface area contributed by atoms with Crippen molar-refractivity contribution in [2.75, 3.05) is 20.2 Å². The summed E-state index contributed by atoms with van der Waals surface area (Å²) < 4.78 is 5.18. The van der Waals surface area contributed by atoms with Crippen LogP contribution < -0.4 is 5.32 Å². The average molecular weight is 694 g/mol. The smallest absolute Gasteiger partial charge is 0.305 e. The first kappa shape index (κ1) is 76.7. The van der Waals surface area contributed by atoms with Gasteiger partial charge in [0.25, 0.3) is 0 Å². The molecule has 3 heteroatoms. The van der Waals surface area contributed by atoms with Crippen LogP contribution in [-0.4, -0.2) is 26.2 Å². The number of carbonyl (C=O) groups is 1. The lowest BCUT2D eigenvalue weighted by atomic mass is 10.1. The SMILES string of the molecule is C/C=C\CC.CC.CC.CC.CC.CC.CC.CC.CC/C=C\CCCCC.CCCCC.CCCCCC(=O)OCC(C)CCNC. The second-order valence-electron chi connectivity index (χ2n) is 8.84. The first-order chi connectivity index (χ1) is 23.4. The molecule has 0 fully saturated rings. The van der Waals surface area contributed by atoms with Crippen molar-refractivity contribution in [2.24, 2.45) is 5.92 Å². The summed E-state index contributed by atoms with van der Waals surface area (Å²) in [5, 5.41) is 3.09. The molecular formula is C45H107NO2. The number of esters is 1. The third-order valence-electron chi connectivity index (χ3n) is 4.96. The maximum Gasteiger partial charge on any atom is 0.305 e. The van der Waals surface area contributed by atoms with Crippen LogP contribution in [0.25, 0.3) is 0 Å². The molecule has 0 saturated heterocycles. The monoisotopic (exact) mass is 694 g/mol. The molecule has 1 atom stereocenters. The zero-order valence-corrected chi connectivity index (χ0v) is 39.0. The summed E-state index contributed by atoms with van der Waals surface area (Å²) in [7, 11) is 1.93. The van der Waals surface area contributed by atoms with E-state index in [2.05, 4.69) is 78.1 Å². The van der Waals surface area contributed by atoms with Crippen LogP contribution >= 0.6 is 0 Å². The summed E-state index contributed by atoms with van der Waals surface area (Å²) in [6, 6.07) is 0. The number of hydrogen-bond acceptors (Lipinski definition) is 3. The normalized spacial score (nSPS) is 8.73. The van der Waals surface area contributed by atoms with Gasteiger partial charge in [-0.05, 0) is 65.0 Å². The van der Waals surface area contributed by atoms with Crippen molar-refractivity contribution in [1.29, 1.82) is 0 Å². The summed E-state index contributed by atoms with van der Waals surface area (Å²) in [4.78, 5) is 11.3. The van der Waals surface area contributed by atoms with E-state index < -0.39 is 0 Å². The van der Waals surface area contributed by atoms with E-state index in [-0.39, 0.29) is 5.97 Å². The fourth-order valence-corrected chi connectivity index (χ4v) is 2.69. The van der Waals surface area contributed by atoms with Crippen molar-refractivity contribution in [3.05, 3.63) is 24.3 Å². The minimum atomic E-state index is -0.0419. The lowest BCUT2D eigenvalue weighted by molar-refractivity contribution is -0.145. The Hall–Kier alpha value is -1.09. The van der Waals surface area contributed by atoms with Gasteiger partial charge in [-0.3, -0.25) is 4.79 Å². The number of rotatable bonds is 17. The summed E-state index contributed by atoms with van der Waals surface area (Å²) in [6.45, 7) is 46.8. The summed E-state index contributed by atoms with van der Waals surface area (Å²) in [5.74, 6) is 0.410. The van der Waals surface area contributed by atoms with Crippen LogP contribution in [0.4, 0.5) is 0 Å². The van der Waals surface area contributed by atoms with Gasteiger partial charge in [0.15, 0.2) is 0 Å². The number of hydrogen-bond donors (Lipinski definition) is 1.